The Balaban J connectivity index is 3.90. The molecule has 0 N–H and O–H groups in total. The molecule has 0 fully saturated rings. The third-order valence-corrected chi connectivity index (χ3v) is 3.41. The van der Waals surface area contributed by atoms with E-state index in [0.717, 1.165) is 0 Å². The van der Waals surface area contributed by atoms with Gasteiger partial charge in [0.1, 0.15) is 0 Å². The fourth-order valence-electron chi connectivity index (χ4n) is 0.421. The normalized spacial score (nSPS) is 17.1. The van der Waals surface area contributed by atoms with E-state index in [0.29, 0.717) is 0 Å². The molecule has 0 bridgehead atoms. The maximum absolute atomic E-state index is 11.1. The van der Waals surface area contributed by atoms with Crippen molar-refractivity contribution in [3.05, 3.63) is 12.7 Å². The molecule has 0 rings (SSSR count). The number of hydrogen-bond acceptors (Lipinski definition) is 4. The first-order valence-corrected chi connectivity index (χ1v) is 6.53. The summed E-state index contributed by atoms with van der Waals surface area (Å²) in [4.78, 5) is 0. The quantitative estimate of drug-likeness (QED) is 0.501. The fourth-order valence-corrected chi connectivity index (χ4v) is 2.66. The van der Waals surface area contributed by atoms with E-state index in [1.165, 1.54) is 19.4 Å². The molecule has 4 nitrogen and oxygen atoms in total. The van der Waals surface area contributed by atoms with Gasteiger partial charge in [0, 0.05) is 6.66 Å². The van der Waals surface area contributed by atoms with E-state index in [2.05, 4.69) is 10.9 Å². The van der Waals surface area contributed by atoms with E-state index in [1.54, 1.807) is 0 Å². The zero-order valence-corrected chi connectivity index (χ0v) is 8.31. The van der Waals surface area contributed by atoms with Crippen LogP contribution in [0, 0.1) is 0 Å². The molecule has 0 aromatic rings. The monoisotopic (exact) mass is 197 g/mol. The lowest BCUT2D eigenvalue weighted by Crippen LogP contribution is -1.88. The van der Waals surface area contributed by atoms with E-state index in [9.17, 15) is 9.13 Å². The molecule has 0 saturated carbocycles. The highest BCUT2D eigenvalue weighted by atomic mass is 31.2. The van der Waals surface area contributed by atoms with Crippen LogP contribution >= 0.6 is 15.6 Å². The van der Waals surface area contributed by atoms with Crippen LogP contribution in [0.5, 0.6) is 0 Å². The van der Waals surface area contributed by atoms with Crippen molar-refractivity contribution in [3.8, 4) is 0 Å². The molecule has 0 aromatic carbocycles. The zero-order valence-electron chi connectivity index (χ0n) is 6.52. The van der Waals surface area contributed by atoms with Crippen molar-refractivity contribution in [3.63, 3.8) is 0 Å². The van der Waals surface area contributed by atoms with Crippen LogP contribution in [-0.4, -0.2) is 19.9 Å². The lowest BCUT2D eigenvalue weighted by atomic mass is 10.7. The van der Waals surface area contributed by atoms with Crippen LogP contribution in [0.4, 0.5) is 0 Å². The maximum atomic E-state index is 11.1. The standard InChI is InChI=1S/C5H11O4P2/c1-4-5-8-11(3,7)9-10(2)6/h4H,1,5H2,2-3H3/q+1. The second-order valence-corrected chi connectivity index (χ2v) is 5.21. The topological polar surface area (TPSA) is 52.6 Å². The van der Waals surface area contributed by atoms with Gasteiger partial charge in [-0.25, -0.2) is 0 Å². The molecular formula is C5H11O4P2+. The van der Waals surface area contributed by atoms with Gasteiger partial charge in [0.2, 0.25) is 0 Å². The van der Waals surface area contributed by atoms with Crippen molar-refractivity contribution in [2.24, 2.45) is 0 Å². The molecule has 0 spiro atoms. The summed E-state index contributed by atoms with van der Waals surface area (Å²) in [6.07, 6.45) is 1.45. The van der Waals surface area contributed by atoms with E-state index in [-0.39, 0.29) is 6.61 Å². The minimum Gasteiger partial charge on any atom is -0.302 e. The molecule has 0 aromatic heterocycles. The minimum atomic E-state index is -3.12. The van der Waals surface area contributed by atoms with Crippen molar-refractivity contribution in [2.75, 3.05) is 19.9 Å². The first-order chi connectivity index (χ1) is 4.98. The van der Waals surface area contributed by atoms with Gasteiger partial charge in [-0.05, 0) is 4.57 Å². The van der Waals surface area contributed by atoms with E-state index < -0.39 is 15.6 Å². The van der Waals surface area contributed by atoms with Crippen LogP contribution in [-0.2, 0) is 18.0 Å². The molecule has 0 amide bonds. The minimum absolute atomic E-state index is 0.136. The highest BCUT2D eigenvalue weighted by Gasteiger charge is 2.27. The second kappa shape index (κ2) is 4.78. The van der Waals surface area contributed by atoms with E-state index in [4.69, 9.17) is 4.52 Å². The largest absolute Gasteiger partial charge is 0.513 e. The summed E-state index contributed by atoms with van der Waals surface area (Å²) in [6.45, 7) is 6.10. The lowest BCUT2D eigenvalue weighted by molar-refractivity contribution is 0.303. The summed E-state index contributed by atoms with van der Waals surface area (Å²) in [5, 5.41) is 0. The van der Waals surface area contributed by atoms with Crippen molar-refractivity contribution in [2.45, 2.75) is 0 Å². The molecule has 2 unspecified atom stereocenters. The molecule has 0 radical (unpaired) electrons. The molecule has 64 valence electrons. The lowest BCUT2D eigenvalue weighted by Gasteiger charge is -2.03. The van der Waals surface area contributed by atoms with Crippen molar-refractivity contribution < 1.29 is 18.0 Å². The molecule has 11 heavy (non-hydrogen) atoms. The Morgan fingerprint density at radius 2 is 2.27 bits per heavy atom. The van der Waals surface area contributed by atoms with Gasteiger partial charge >= 0.3 is 15.6 Å². The Labute approximate surface area is 67.0 Å². The van der Waals surface area contributed by atoms with Crippen molar-refractivity contribution in [1.82, 2.24) is 0 Å². The summed E-state index contributed by atoms with van der Waals surface area (Å²) in [7, 11) is -5.00. The van der Waals surface area contributed by atoms with Gasteiger partial charge in [-0.1, -0.05) is 10.4 Å². The molecule has 6 heteroatoms. The van der Waals surface area contributed by atoms with Crippen LogP contribution < -0.4 is 0 Å². The molecule has 0 aliphatic heterocycles. The predicted octanol–water partition coefficient (Wildman–Crippen LogP) is 2.40. The number of rotatable bonds is 5. The third kappa shape index (κ3) is 6.39. The Morgan fingerprint density at radius 1 is 1.73 bits per heavy atom. The summed E-state index contributed by atoms with van der Waals surface area (Å²) in [6, 6.07) is 0. The van der Waals surface area contributed by atoms with E-state index >= 15 is 0 Å². The van der Waals surface area contributed by atoms with Gasteiger partial charge in [0.25, 0.3) is 0 Å². The Morgan fingerprint density at radius 3 is 2.64 bits per heavy atom. The Kier molecular flexibility index (Phi) is 4.78. The Hall–Kier alpha value is -0.0100. The molecular weight excluding hydrogens is 186 g/mol. The van der Waals surface area contributed by atoms with Gasteiger partial charge in [0.15, 0.2) is 6.66 Å². The smallest absolute Gasteiger partial charge is 0.302 e. The average Bonchev–Trinajstić information content (AvgIpc) is 1.81. The second-order valence-electron chi connectivity index (χ2n) is 1.88. The van der Waals surface area contributed by atoms with Crippen molar-refractivity contribution in [1.29, 1.82) is 0 Å². The maximum Gasteiger partial charge on any atom is 0.513 e. The Bertz CT molecular complexity index is 201. The molecule has 0 aliphatic carbocycles. The predicted molar refractivity (Wildman–Crippen MR) is 44.3 cm³/mol. The van der Waals surface area contributed by atoms with Gasteiger partial charge in [-0.2, -0.15) is 0 Å². The molecule has 0 heterocycles. The average molecular weight is 197 g/mol. The zero-order chi connectivity index (χ0) is 8.91. The molecule has 0 aliphatic rings. The van der Waals surface area contributed by atoms with E-state index in [1.807, 2.05) is 0 Å². The first kappa shape index (κ1) is 11.0. The van der Waals surface area contributed by atoms with Crippen LogP contribution in [0.2, 0.25) is 0 Å². The van der Waals surface area contributed by atoms with Gasteiger partial charge in [0.05, 0.1) is 6.61 Å². The third-order valence-electron chi connectivity index (χ3n) is 0.690. The van der Waals surface area contributed by atoms with Gasteiger partial charge in [-0.3, -0.25) is 4.57 Å². The van der Waals surface area contributed by atoms with Crippen LogP contribution in [0.3, 0.4) is 0 Å². The summed E-state index contributed by atoms with van der Waals surface area (Å²) >= 11 is 0. The van der Waals surface area contributed by atoms with Crippen LogP contribution in [0.25, 0.3) is 0 Å². The highest BCUT2D eigenvalue weighted by molar-refractivity contribution is 7.61. The summed E-state index contributed by atoms with van der Waals surface area (Å²) in [5.41, 5.74) is 0. The molecule has 0 saturated heterocycles. The summed E-state index contributed by atoms with van der Waals surface area (Å²) < 4.78 is 30.8. The SMILES string of the molecule is C=CCOP(C)(=O)O[P+](C)=O. The molecule has 2 atom stereocenters. The number of hydrogen-bond donors (Lipinski definition) is 0. The van der Waals surface area contributed by atoms with Crippen molar-refractivity contribution >= 4 is 15.6 Å². The van der Waals surface area contributed by atoms with Crippen LogP contribution in [0.1, 0.15) is 0 Å². The van der Waals surface area contributed by atoms with Gasteiger partial charge in [-0.15, -0.1) is 6.58 Å². The highest BCUT2D eigenvalue weighted by Crippen LogP contribution is 2.51. The fraction of sp³-hybridized carbons (Fsp3) is 0.600. The van der Waals surface area contributed by atoms with Crippen LogP contribution in [0.15, 0.2) is 12.7 Å². The summed E-state index contributed by atoms with van der Waals surface area (Å²) in [5.74, 6) is 0. The first-order valence-electron chi connectivity index (χ1n) is 2.91. The van der Waals surface area contributed by atoms with Gasteiger partial charge < -0.3 is 4.52 Å².